The van der Waals surface area contributed by atoms with Crippen molar-refractivity contribution in [1.82, 2.24) is 0 Å². The summed E-state index contributed by atoms with van der Waals surface area (Å²) >= 11 is 1.95. The highest BCUT2D eigenvalue weighted by molar-refractivity contribution is 7.99. The molecule has 0 unspecified atom stereocenters. The molecule has 2 aliphatic heterocycles. The first-order chi connectivity index (χ1) is 9.72. The van der Waals surface area contributed by atoms with Gasteiger partial charge < -0.3 is 10.6 Å². The van der Waals surface area contributed by atoms with Crippen LogP contribution in [0, 0.1) is 0 Å². The fourth-order valence-electron chi connectivity index (χ4n) is 2.98. The zero-order chi connectivity index (χ0) is 13.7. The lowest BCUT2D eigenvalue weighted by atomic mass is 10.1. The summed E-state index contributed by atoms with van der Waals surface area (Å²) in [6.45, 7) is 5.14. The lowest BCUT2D eigenvalue weighted by Crippen LogP contribution is -2.12. The van der Waals surface area contributed by atoms with Gasteiger partial charge in [-0.1, -0.05) is 18.7 Å². The molecule has 0 spiro atoms. The van der Waals surface area contributed by atoms with Gasteiger partial charge in [0.25, 0.3) is 0 Å². The molecule has 2 aromatic rings. The van der Waals surface area contributed by atoms with Crippen molar-refractivity contribution < 1.29 is 0 Å². The molecule has 2 aliphatic rings. The highest BCUT2D eigenvalue weighted by atomic mass is 32.2. The van der Waals surface area contributed by atoms with Crippen LogP contribution in [0.15, 0.2) is 47.9 Å². The van der Waals surface area contributed by atoms with Crippen LogP contribution in [0.3, 0.4) is 0 Å². The number of anilines is 2. The first-order valence-electron chi connectivity index (χ1n) is 6.83. The van der Waals surface area contributed by atoms with Crippen molar-refractivity contribution in [3.63, 3.8) is 0 Å². The van der Waals surface area contributed by atoms with Gasteiger partial charge >= 0.3 is 0 Å². The van der Waals surface area contributed by atoms with Gasteiger partial charge in [-0.2, -0.15) is 0 Å². The predicted octanol–water partition coefficient (Wildman–Crippen LogP) is 3.91. The van der Waals surface area contributed by atoms with Crippen LogP contribution < -0.4 is 10.6 Å². The summed E-state index contributed by atoms with van der Waals surface area (Å²) < 4.78 is 0. The fourth-order valence-corrected chi connectivity index (χ4v) is 4.08. The lowest BCUT2D eigenvalue weighted by Gasteiger charge is -2.20. The van der Waals surface area contributed by atoms with E-state index >= 15 is 0 Å². The van der Waals surface area contributed by atoms with E-state index < -0.39 is 0 Å². The SMILES string of the molecule is C=C1c2cc(N)ccc2CN1c1ccc2c(c1)SCC2. The third-order valence-corrected chi connectivity index (χ3v) is 5.19. The maximum Gasteiger partial charge on any atom is 0.0488 e. The van der Waals surface area contributed by atoms with Crippen LogP contribution >= 0.6 is 11.8 Å². The molecular formula is C17H16N2S. The number of benzene rings is 2. The van der Waals surface area contributed by atoms with Crippen LogP contribution in [-0.4, -0.2) is 5.75 Å². The van der Waals surface area contributed by atoms with Gasteiger partial charge in [-0.15, -0.1) is 11.8 Å². The third-order valence-electron chi connectivity index (χ3n) is 4.09. The Morgan fingerprint density at radius 1 is 1.10 bits per heavy atom. The summed E-state index contributed by atoms with van der Waals surface area (Å²) in [6.07, 6.45) is 1.19. The molecule has 3 heteroatoms. The zero-order valence-corrected chi connectivity index (χ0v) is 12.0. The van der Waals surface area contributed by atoms with E-state index in [0.717, 1.165) is 17.9 Å². The van der Waals surface area contributed by atoms with E-state index in [9.17, 15) is 0 Å². The van der Waals surface area contributed by atoms with Gasteiger partial charge in [0.2, 0.25) is 0 Å². The first-order valence-corrected chi connectivity index (χ1v) is 7.82. The second-order valence-electron chi connectivity index (χ2n) is 5.34. The van der Waals surface area contributed by atoms with Crippen molar-refractivity contribution in [1.29, 1.82) is 0 Å². The summed E-state index contributed by atoms with van der Waals surface area (Å²) in [4.78, 5) is 3.70. The largest absolute Gasteiger partial charge is 0.399 e. The van der Waals surface area contributed by atoms with E-state index in [4.69, 9.17) is 5.73 Å². The lowest BCUT2D eigenvalue weighted by molar-refractivity contribution is 1.03. The molecule has 0 amide bonds. The average Bonchev–Trinajstić information content (AvgIpc) is 3.03. The molecule has 0 atom stereocenters. The molecule has 2 aromatic carbocycles. The number of aryl methyl sites for hydroxylation is 1. The first kappa shape index (κ1) is 11.9. The van der Waals surface area contributed by atoms with E-state index in [1.165, 1.54) is 39.4 Å². The molecule has 2 N–H and O–H groups in total. The van der Waals surface area contributed by atoms with Gasteiger partial charge in [0.05, 0.1) is 0 Å². The number of hydrogen-bond acceptors (Lipinski definition) is 3. The van der Waals surface area contributed by atoms with Crippen LogP contribution in [0.25, 0.3) is 5.70 Å². The molecule has 0 fully saturated rings. The highest BCUT2D eigenvalue weighted by Crippen LogP contribution is 2.40. The van der Waals surface area contributed by atoms with Gasteiger partial charge in [-0.3, -0.25) is 0 Å². The molecule has 0 radical (unpaired) electrons. The number of nitrogens with zero attached hydrogens (tertiary/aromatic N) is 1. The monoisotopic (exact) mass is 280 g/mol. The summed E-state index contributed by atoms with van der Waals surface area (Å²) in [7, 11) is 0. The van der Waals surface area contributed by atoms with Crippen LogP contribution in [0.5, 0.6) is 0 Å². The number of fused-ring (bicyclic) bond motifs is 2. The van der Waals surface area contributed by atoms with E-state index in [1.54, 1.807) is 0 Å². The minimum atomic E-state index is 0.802. The third kappa shape index (κ3) is 1.74. The topological polar surface area (TPSA) is 29.3 Å². The summed E-state index contributed by atoms with van der Waals surface area (Å²) in [5.41, 5.74) is 12.9. The minimum absolute atomic E-state index is 0.802. The maximum absolute atomic E-state index is 5.89. The Balaban J connectivity index is 1.73. The Morgan fingerprint density at radius 2 is 1.95 bits per heavy atom. The summed E-state index contributed by atoms with van der Waals surface area (Å²) in [6, 6.07) is 12.9. The smallest absolute Gasteiger partial charge is 0.0488 e. The van der Waals surface area contributed by atoms with E-state index in [-0.39, 0.29) is 0 Å². The van der Waals surface area contributed by atoms with Crippen molar-refractivity contribution in [2.75, 3.05) is 16.4 Å². The van der Waals surface area contributed by atoms with Crippen LogP contribution in [0.1, 0.15) is 16.7 Å². The number of hydrogen-bond donors (Lipinski definition) is 1. The van der Waals surface area contributed by atoms with Crippen molar-refractivity contribution in [3.05, 3.63) is 59.7 Å². The molecule has 0 bridgehead atoms. The van der Waals surface area contributed by atoms with Crippen molar-refractivity contribution in [2.24, 2.45) is 0 Å². The summed E-state index contributed by atoms with van der Waals surface area (Å²) in [5.74, 6) is 1.20. The Hall–Kier alpha value is -1.87. The number of rotatable bonds is 1. The standard InChI is InChI=1S/C17H16N2S/c1-11-16-8-14(18)4-2-13(16)10-19(11)15-5-3-12-6-7-20-17(12)9-15/h2-5,8-9H,1,6-7,10,18H2. The van der Waals surface area contributed by atoms with Crippen LogP contribution in [0.2, 0.25) is 0 Å². The van der Waals surface area contributed by atoms with Gasteiger partial charge in [-0.05, 0) is 41.8 Å². The molecule has 2 heterocycles. The van der Waals surface area contributed by atoms with Crippen molar-refractivity contribution >= 4 is 28.8 Å². The Morgan fingerprint density at radius 3 is 2.85 bits per heavy atom. The van der Waals surface area contributed by atoms with Gasteiger partial charge in [0, 0.05) is 39.8 Å². The average molecular weight is 280 g/mol. The Labute approximate surface area is 123 Å². The summed E-state index contributed by atoms with van der Waals surface area (Å²) in [5, 5.41) is 0. The van der Waals surface area contributed by atoms with E-state index in [0.29, 0.717) is 0 Å². The van der Waals surface area contributed by atoms with Gasteiger partial charge in [0.15, 0.2) is 0 Å². The molecule has 20 heavy (non-hydrogen) atoms. The molecule has 2 nitrogen and oxygen atoms in total. The fraction of sp³-hybridized carbons (Fsp3) is 0.176. The molecule has 4 rings (SSSR count). The highest BCUT2D eigenvalue weighted by Gasteiger charge is 2.24. The van der Waals surface area contributed by atoms with E-state index in [1.807, 2.05) is 23.9 Å². The zero-order valence-electron chi connectivity index (χ0n) is 11.2. The van der Waals surface area contributed by atoms with Gasteiger partial charge in [-0.25, -0.2) is 0 Å². The maximum atomic E-state index is 5.89. The number of thioether (sulfide) groups is 1. The molecule has 0 saturated carbocycles. The Kier molecular flexibility index (Phi) is 2.57. The number of nitrogen functional groups attached to an aromatic ring is 1. The van der Waals surface area contributed by atoms with E-state index in [2.05, 4.69) is 35.7 Å². The van der Waals surface area contributed by atoms with Gasteiger partial charge in [0.1, 0.15) is 0 Å². The Bertz CT molecular complexity index is 721. The number of nitrogens with two attached hydrogens (primary N) is 1. The molecule has 0 saturated heterocycles. The second-order valence-corrected chi connectivity index (χ2v) is 6.48. The molecule has 0 aliphatic carbocycles. The predicted molar refractivity (Wildman–Crippen MR) is 86.9 cm³/mol. The molecule has 0 aromatic heterocycles. The molecule has 100 valence electrons. The minimum Gasteiger partial charge on any atom is -0.399 e. The van der Waals surface area contributed by atoms with Crippen LogP contribution in [0.4, 0.5) is 11.4 Å². The van der Waals surface area contributed by atoms with Crippen molar-refractivity contribution in [2.45, 2.75) is 17.9 Å². The molecular weight excluding hydrogens is 264 g/mol. The quantitative estimate of drug-likeness (QED) is 0.803. The second kappa shape index (κ2) is 4.32. The van der Waals surface area contributed by atoms with Crippen LogP contribution in [-0.2, 0) is 13.0 Å². The normalized spacial score (nSPS) is 16.4. The van der Waals surface area contributed by atoms with Crippen molar-refractivity contribution in [3.8, 4) is 0 Å².